The molecule has 4 heteroatoms. The van der Waals surface area contributed by atoms with Crippen LogP contribution in [0.15, 0.2) is 72.8 Å². The maximum Gasteiger partial charge on any atom is 0.348 e. The lowest BCUT2D eigenvalue weighted by molar-refractivity contribution is -0.138. The van der Waals surface area contributed by atoms with Crippen LogP contribution in [0.2, 0.25) is 0 Å². The second-order valence-electron chi connectivity index (χ2n) is 6.61. The molecule has 4 nitrogen and oxygen atoms in total. The van der Waals surface area contributed by atoms with E-state index in [0.29, 0.717) is 0 Å². The van der Waals surface area contributed by atoms with Crippen LogP contribution in [-0.4, -0.2) is 17.2 Å². The molecule has 0 spiro atoms. The number of hydrogen-bond acceptors (Lipinski definition) is 3. The Balaban J connectivity index is 1.91. The van der Waals surface area contributed by atoms with E-state index in [1.807, 2.05) is 96.4 Å². The number of aliphatic carboxylic acids is 1. The van der Waals surface area contributed by atoms with Gasteiger partial charge in [0.15, 0.2) is 0 Å². The predicted molar refractivity (Wildman–Crippen MR) is 105 cm³/mol. The van der Waals surface area contributed by atoms with Gasteiger partial charge in [0.25, 0.3) is 0 Å². The summed E-state index contributed by atoms with van der Waals surface area (Å²) in [5.41, 5.74) is 5.80. The van der Waals surface area contributed by atoms with Crippen molar-refractivity contribution in [1.82, 2.24) is 0 Å². The molecule has 0 aliphatic carbocycles. The van der Waals surface area contributed by atoms with E-state index in [2.05, 4.69) is 0 Å². The molecule has 0 saturated heterocycles. The Hall–Kier alpha value is -3.27. The van der Waals surface area contributed by atoms with Crippen molar-refractivity contribution in [2.24, 2.45) is 0 Å². The van der Waals surface area contributed by atoms with Crippen LogP contribution in [-0.2, 0) is 4.79 Å². The molecule has 0 atom stereocenters. The fraction of sp³-hybridized carbons (Fsp3) is 0.136. The molecule has 1 aliphatic rings. The molecule has 0 unspecified atom stereocenters. The zero-order valence-corrected chi connectivity index (χ0v) is 14.8. The number of carbonyl (C=O) groups is 1. The van der Waals surface area contributed by atoms with Gasteiger partial charge in [-0.2, -0.15) is 0 Å². The Morgan fingerprint density at radius 1 is 0.731 bits per heavy atom. The van der Waals surface area contributed by atoms with E-state index in [1.54, 1.807) is 0 Å². The molecule has 3 aromatic carbocycles. The third-order valence-corrected chi connectivity index (χ3v) is 4.74. The molecule has 1 heterocycles. The highest BCUT2D eigenvalue weighted by molar-refractivity contribution is 5.98. The van der Waals surface area contributed by atoms with Gasteiger partial charge >= 0.3 is 5.97 Å². The molecule has 130 valence electrons. The fourth-order valence-electron chi connectivity index (χ4n) is 3.44. The van der Waals surface area contributed by atoms with Crippen molar-refractivity contribution in [3.63, 3.8) is 0 Å². The molecule has 3 aromatic rings. The summed E-state index contributed by atoms with van der Waals surface area (Å²) < 4.78 is 0. The number of carboxylic acids is 1. The van der Waals surface area contributed by atoms with Crippen molar-refractivity contribution >= 4 is 28.7 Å². The van der Waals surface area contributed by atoms with E-state index in [1.165, 1.54) is 0 Å². The van der Waals surface area contributed by atoms with Crippen molar-refractivity contribution in [1.29, 1.82) is 0 Å². The van der Waals surface area contributed by atoms with E-state index in [4.69, 9.17) is 0 Å². The summed E-state index contributed by atoms with van der Waals surface area (Å²) in [6, 6.07) is 23.7. The quantitative estimate of drug-likeness (QED) is 0.726. The minimum atomic E-state index is -0.887. The third-order valence-electron chi connectivity index (χ3n) is 4.74. The third kappa shape index (κ3) is 2.60. The van der Waals surface area contributed by atoms with Gasteiger partial charge in [-0.05, 0) is 50.2 Å². The Kier molecular flexibility index (Phi) is 3.88. The molecule has 0 aromatic heterocycles. The zero-order valence-electron chi connectivity index (χ0n) is 14.8. The first-order valence-electron chi connectivity index (χ1n) is 8.60. The first kappa shape index (κ1) is 16.2. The number of benzene rings is 3. The van der Waals surface area contributed by atoms with Gasteiger partial charge < -0.3 is 14.9 Å². The summed E-state index contributed by atoms with van der Waals surface area (Å²) in [6.07, 6.45) is -0.835. The predicted octanol–water partition coefficient (Wildman–Crippen LogP) is 5.00. The van der Waals surface area contributed by atoms with Crippen LogP contribution in [0.3, 0.4) is 0 Å². The largest absolute Gasteiger partial charge is 0.478 e. The number of rotatable bonds is 3. The number of anilines is 4. The first-order chi connectivity index (χ1) is 12.6. The maximum absolute atomic E-state index is 12.3. The lowest BCUT2D eigenvalue weighted by Crippen LogP contribution is -2.44. The summed E-state index contributed by atoms with van der Waals surface area (Å²) in [5, 5.41) is 10.1. The van der Waals surface area contributed by atoms with Gasteiger partial charge in [0, 0.05) is 11.4 Å². The fourth-order valence-corrected chi connectivity index (χ4v) is 3.44. The highest BCUT2D eigenvalue weighted by Crippen LogP contribution is 2.47. The van der Waals surface area contributed by atoms with Gasteiger partial charge in [-0.25, -0.2) is 4.79 Å². The molecule has 26 heavy (non-hydrogen) atoms. The summed E-state index contributed by atoms with van der Waals surface area (Å²) in [4.78, 5) is 16.1. The number of nitrogens with zero attached hydrogens (tertiary/aromatic N) is 2. The lowest BCUT2D eigenvalue weighted by atomic mass is 10.2. The van der Waals surface area contributed by atoms with Gasteiger partial charge in [0.1, 0.15) is 0 Å². The standard InChI is InChI=1S/C22H20N2O2/c1-15-7-11-17(12-8-15)23-19-5-3-4-6-20(19)24(21(23)22(25)26)18-13-9-16(2)10-14-18/h3-14,21H,1-2H3,(H,25,26). The minimum Gasteiger partial charge on any atom is -0.478 e. The Bertz CT molecular complexity index is 876. The molecular weight excluding hydrogens is 324 g/mol. The average Bonchev–Trinajstić information content (AvgIpc) is 2.99. The number of aryl methyl sites for hydroxylation is 2. The second-order valence-corrected chi connectivity index (χ2v) is 6.61. The molecule has 0 fully saturated rings. The first-order valence-corrected chi connectivity index (χ1v) is 8.60. The Morgan fingerprint density at radius 3 is 1.46 bits per heavy atom. The Morgan fingerprint density at radius 2 is 1.12 bits per heavy atom. The molecule has 1 N–H and O–H groups in total. The van der Waals surface area contributed by atoms with Crippen LogP contribution in [0.5, 0.6) is 0 Å². The maximum atomic E-state index is 12.3. The molecule has 1 aliphatic heterocycles. The van der Waals surface area contributed by atoms with Crippen molar-refractivity contribution in [3.8, 4) is 0 Å². The molecule has 4 rings (SSSR count). The summed E-state index contributed by atoms with van der Waals surface area (Å²) in [5.74, 6) is -0.887. The number of para-hydroxylation sites is 2. The Labute approximate surface area is 152 Å². The topological polar surface area (TPSA) is 43.8 Å². The zero-order chi connectivity index (χ0) is 18.3. The molecule has 0 radical (unpaired) electrons. The summed E-state index contributed by atoms with van der Waals surface area (Å²) >= 11 is 0. The van der Waals surface area contributed by atoms with Crippen LogP contribution in [0.4, 0.5) is 22.7 Å². The average molecular weight is 344 g/mol. The van der Waals surface area contributed by atoms with Crippen molar-refractivity contribution in [2.45, 2.75) is 20.0 Å². The highest BCUT2D eigenvalue weighted by atomic mass is 16.4. The van der Waals surface area contributed by atoms with E-state index in [9.17, 15) is 9.90 Å². The normalized spacial score (nSPS) is 13.8. The summed E-state index contributed by atoms with van der Waals surface area (Å²) in [6.45, 7) is 4.05. The van der Waals surface area contributed by atoms with E-state index in [0.717, 1.165) is 33.9 Å². The van der Waals surface area contributed by atoms with Gasteiger partial charge in [0.05, 0.1) is 11.4 Å². The van der Waals surface area contributed by atoms with Gasteiger partial charge in [0.2, 0.25) is 6.17 Å². The molecule has 0 bridgehead atoms. The molecular formula is C22H20N2O2. The van der Waals surface area contributed by atoms with E-state index >= 15 is 0 Å². The lowest BCUT2D eigenvalue weighted by Gasteiger charge is -2.30. The second kappa shape index (κ2) is 6.23. The molecule has 0 amide bonds. The summed E-state index contributed by atoms with van der Waals surface area (Å²) in [7, 11) is 0. The monoisotopic (exact) mass is 344 g/mol. The van der Waals surface area contributed by atoms with Crippen LogP contribution in [0, 0.1) is 13.8 Å². The number of carboxylic acid groups (broad SMARTS) is 1. The van der Waals surface area contributed by atoms with Crippen LogP contribution >= 0.6 is 0 Å². The minimum absolute atomic E-state index is 0.835. The highest BCUT2D eigenvalue weighted by Gasteiger charge is 2.42. The van der Waals surface area contributed by atoms with Crippen LogP contribution < -0.4 is 9.80 Å². The van der Waals surface area contributed by atoms with Crippen LogP contribution in [0.1, 0.15) is 11.1 Å². The van der Waals surface area contributed by atoms with E-state index in [-0.39, 0.29) is 0 Å². The van der Waals surface area contributed by atoms with Crippen molar-refractivity contribution < 1.29 is 9.90 Å². The number of fused-ring (bicyclic) bond motifs is 1. The van der Waals surface area contributed by atoms with E-state index < -0.39 is 12.1 Å². The van der Waals surface area contributed by atoms with Crippen molar-refractivity contribution in [3.05, 3.63) is 83.9 Å². The van der Waals surface area contributed by atoms with Gasteiger partial charge in [-0.1, -0.05) is 47.5 Å². The molecule has 0 saturated carbocycles. The number of hydrogen-bond donors (Lipinski definition) is 1. The smallest absolute Gasteiger partial charge is 0.348 e. The van der Waals surface area contributed by atoms with Crippen molar-refractivity contribution in [2.75, 3.05) is 9.80 Å². The van der Waals surface area contributed by atoms with Crippen LogP contribution in [0.25, 0.3) is 0 Å². The van der Waals surface area contributed by atoms with Gasteiger partial charge in [-0.3, -0.25) is 0 Å². The SMILES string of the molecule is Cc1ccc(N2c3ccccc3N(c3ccc(C)cc3)C2C(=O)O)cc1. The van der Waals surface area contributed by atoms with Gasteiger partial charge in [-0.15, -0.1) is 0 Å².